The zero-order valence-corrected chi connectivity index (χ0v) is 15.8. The molecule has 5 nitrogen and oxygen atoms in total. The molecule has 0 saturated carbocycles. The van der Waals surface area contributed by atoms with E-state index in [2.05, 4.69) is 5.32 Å². The number of carbonyl (C=O) groups excluding carboxylic acids is 2. The topological polar surface area (TPSA) is 58.6 Å². The Morgan fingerprint density at radius 3 is 2.39 bits per heavy atom. The maximum atomic E-state index is 12.9. The SMILES string of the molecule is O=C(Cc1ccc(F)cc1)NCC1CCN(C(=O)COc2ccccc2)CC1. The van der Waals surface area contributed by atoms with Crippen LogP contribution >= 0.6 is 0 Å². The average molecular weight is 384 g/mol. The van der Waals surface area contributed by atoms with Crippen LogP contribution in [0.25, 0.3) is 0 Å². The number of carbonyl (C=O) groups is 2. The van der Waals surface area contributed by atoms with Crippen LogP contribution in [-0.4, -0.2) is 43.0 Å². The molecule has 2 aromatic rings. The van der Waals surface area contributed by atoms with Crippen molar-refractivity contribution >= 4 is 11.8 Å². The lowest BCUT2D eigenvalue weighted by Gasteiger charge is -2.32. The number of piperidine rings is 1. The van der Waals surface area contributed by atoms with E-state index in [0.717, 1.165) is 18.4 Å². The Hall–Kier alpha value is -2.89. The Labute approximate surface area is 164 Å². The summed E-state index contributed by atoms with van der Waals surface area (Å²) >= 11 is 0. The smallest absolute Gasteiger partial charge is 0.260 e. The van der Waals surface area contributed by atoms with Crippen molar-refractivity contribution in [2.45, 2.75) is 19.3 Å². The van der Waals surface area contributed by atoms with Crippen molar-refractivity contribution in [1.29, 1.82) is 0 Å². The number of nitrogens with one attached hydrogen (secondary N) is 1. The summed E-state index contributed by atoms with van der Waals surface area (Å²) in [6.07, 6.45) is 1.95. The number of para-hydroxylation sites is 1. The van der Waals surface area contributed by atoms with Crippen molar-refractivity contribution in [2.75, 3.05) is 26.2 Å². The minimum atomic E-state index is -0.306. The lowest BCUT2D eigenvalue weighted by molar-refractivity contribution is -0.135. The van der Waals surface area contributed by atoms with Crippen molar-refractivity contribution in [1.82, 2.24) is 10.2 Å². The summed E-state index contributed by atoms with van der Waals surface area (Å²) < 4.78 is 18.4. The van der Waals surface area contributed by atoms with Gasteiger partial charge in [-0.15, -0.1) is 0 Å². The van der Waals surface area contributed by atoms with Crippen LogP contribution in [0.2, 0.25) is 0 Å². The van der Waals surface area contributed by atoms with Gasteiger partial charge in [0.05, 0.1) is 6.42 Å². The Kier molecular flexibility index (Phi) is 7.00. The van der Waals surface area contributed by atoms with Gasteiger partial charge in [-0.1, -0.05) is 30.3 Å². The van der Waals surface area contributed by atoms with E-state index < -0.39 is 0 Å². The lowest BCUT2D eigenvalue weighted by Crippen LogP contribution is -2.43. The fourth-order valence-corrected chi connectivity index (χ4v) is 3.25. The number of rotatable bonds is 7. The number of benzene rings is 2. The van der Waals surface area contributed by atoms with Gasteiger partial charge in [0.25, 0.3) is 5.91 Å². The second-order valence-corrected chi connectivity index (χ2v) is 7.03. The van der Waals surface area contributed by atoms with Crippen LogP contribution < -0.4 is 10.1 Å². The molecule has 3 rings (SSSR count). The largest absolute Gasteiger partial charge is 0.484 e. The van der Waals surface area contributed by atoms with Gasteiger partial charge in [-0.05, 0) is 48.6 Å². The first-order chi connectivity index (χ1) is 13.6. The van der Waals surface area contributed by atoms with Crippen LogP contribution in [-0.2, 0) is 16.0 Å². The van der Waals surface area contributed by atoms with E-state index in [-0.39, 0.29) is 30.7 Å². The van der Waals surface area contributed by atoms with Crippen molar-refractivity contribution in [3.05, 3.63) is 66.0 Å². The second kappa shape index (κ2) is 9.88. The second-order valence-electron chi connectivity index (χ2n) is 7.03. The maximum absolute atomic E-state index is 12.9. The summed E-state index contributed by atoms with van der Waals surface area (Å²) in [5.74, 6) is 0.662. The van der Waals surface area contributed by atoms with E-state index in [1.54, 1.807) is 12.1 Å². The fraction of sp³-hybridized carbons (Fsp3) is 0.364. The molecule has 1 heterocycles. The van der Waals surface area contributed by atoms with Crippen molar-refractivity contribution in [3.63, 3.8) is 0 Å². The Balaban J connectivity index is 1.34. The third-order valence-corrected chi connectivity index (χ3v) is 4.94. The quantitative estimate of drug-likeness (QED) is 0.799. The molecule has 2 aromatic carbocycles. The van der Waals surface area contributed by atoms with Gasteiger partial charge in [0, 0.05) is 19.6 Å². The molecule has 0 unspecified atom stereocenters. The minimum Gasteiger partial charge on any atom is -0.484 e. The number of hydrogen-bond acceptors (Lipinski definition) is 3. The minimum absolute atomic E-state index is 0.0114. The Bertz CT molecular complexity index is 772. The van der Waals surface area contributed by atoms with Crippen LogP contribution in [0, 0.1) is 11.7 Å². The molecule has 28 heavy (non-hydrogen) atoms. The van der Waals surface area contributed by atoms with E-state index >= 15 is 0 Å². The summed E-state index contributed by atoms with van der Waals surface area (Å²) in [6, 6.07) is 15.3. The molecule has 6 heteroatoms. The highest BCUT2D eigenvalue weighted by atomic mass is 19.1. The van der Waals surface area contributed by atoms with Crippen LogP contribution in [0.3, 0.4) is 0 Å². The van der Waals surface area contributed by atoms with Crippen molar-refractivity contribution in [3.8, 4) is 5.75 Å². The standard InChI is InChI=1S/C22H25FN2O3/c23-19-8-6-17(7-9-19)14-21(26)24-15-18-10-12-25(13-11-18)22(27)16-28-20-4-2-1-3-5-20/h1-9,18H,10-16H2,(H,24,26). The monoisotopic (exact) mass is 384 g/mol. The summed E-state index contributed by atoms with van der Waals surface area (Å²) in [6.45, 7) is 2.00. The average Bonchev–Trinajstić information content (AvgIpc) is 2.73. The normalized spacial score (nSPS) is 14.5. The molecule has 148 valence electrons. The van der Waals surface area contributed by atoms with Gasteiger partial charge in [-0.2, -0.15) is 0 Å². The van der Waals surface area contributed by atoms with Crippen molar-refractivity contribution in [2.24, 2.45) is 5.92 Å². The summed E-state index contributed by atoms with van der Waals surface area (Å²) in [5.41, 5.74) is 0.790. The summed E-state index contributed by atoms with van der Waals surface area (Å²) in [4.78, 5) is 26.1. The summed E-state index contributed by atoms with van der Waals surface area (Å²) in [7, 11) is 0. The fourth-order valence-electron chi connectivity index (χ4n) is 3.25. The molecule has 0 atom stereocenters. The molecule has 1 aliphatic heterocycles. The van der Waals surface area contributed by atoms with Crippen LogP contribution in [0.4, 0.5) is 4.39 Å². The molecule has 0 radical (unpaired) electrons. The van der Waals surface area contributed by atoms with E-state index in [1.807, 2.05) is 35.2 Å². The molecule has 0 bridgehead atoms. The van der Waals surface area contributed by atoms with Gasteiger partial charge < -0.3 is 15.0 Å². The van der Waals surface area contributed by atoms with Gasteiger partial charge in [0.2, 0.25) is 5.91 Å². The number of ether oxygens (including phenoxy) is 1. The predicted molar refractivity (Wildman–Crippen MR) is 104 cm³/mol. The Morgan fingerprint density at radius 2 is 1.71 bits per heavy atom. The number of likely N-dealkylation sites (tertiary alicyclic amines) is 1. The Morgan fingerprint density at radius 1 is 1.04 bits per heavy atom. The first-order valence-corrected chi connectivity index (χ1v) is 9.57. The number of nitrogens with zero attached hydrogens (tertiary/aromatic N) is 1. The first-order valence-electron chi connectivity index (χ1n) is 9.57. The van der Waals surface area contributed by atoms with E-state index in [9.17, 15) is 14.0 Å². The molecule has 0 aliphatic carbocycles. The van der Waals surface area contributed by atoms with Gasteiger partial charge in [0.1, 0.15) is 11.6 Å². The van der Waals surface area contributed by atoms with Crippen LogP contribution in [0.5, 0.6) is 5.75 Å². The van der Waals surface area contributed by atoms with E-state index in [1.165, 1.54) is 12.1 Å². The third-order valence-electron chi connectivity index (χ3n) is 4.94. The predicted octanol–water partition coefficient (Wildman–Crippen LogP) is 2.80. The highest BCUT2D eigenvalue weighted by Crippen LogP contribution is 2.17. The lowest BCUT2D eigenvalue weighted by atomic mass is 9.96. The molecular formula is C22H25FN2O3. The number of halogens is 1. The number of amides is 2. The molecular weight excluding hydrogens is 359 g/mol. The molecule has 0 aromatic heterocycles. The van der Waals surface area contributed by atoms with Gasteiger partial charge in [-0.25, -0.2) is 4.39 Å². The van der Waals surface area contributed by atoms with E-state index in [0.29, 0.717) is 31.3 Å². The van der Waals surface area contributed by atoms with Gasteiger partial charge in [-0.3, -0.25) is 9.59 Å². The van der Waals surface area contributed by atoms with Crippen LogP contribution in [0.15, 0.2) is 54.6 Å². The third kappa shape index (κ3) is 6.08. The first kappa shape index (κ1) is 19.9. The zero-order valence-electron chi connectivity index (χ0n) is 15.8. The molecule has 2 amide bonds. The molecule has 1 fully saturated rings. The molecule has 1 saturated heterocycles. The highest BCUT2D eigenvalue weighted by Gasteiger charge is 2.23. The van der Waals surface area contributed by atoms with Crippen molar-refractivity contribution < 1.29 is 18.7 Å². The molecule has 0 spiro atoms. The van der Waals surface area contributed by atoms with Gasteiger partial charge >= 0.3 is 0 Å². The molecule has 1 aliphatic rings. The molecule has 1 N–H and O–H groups in total. The van der Waals surface area contributed by atoms with E-state index in [4.69, 9.17) is 4.74 Å². The highest BCUT2D eigenvalue weighted by molar-refractivity contribution is 5.78. The van der Waals surface area contributed by atoms with Crippen LogP contribution in [0.1, 0.15) is 18.4 Å². The summed E-state index contributed by atoms with van der Waals surface area (Å²) in [5, 5.41) is 2.95. The van der Waals surface area contributed by atoms with Gasteiger partial charge in [0.15, 0.2) is 6.61 Å². The zero-order chi connectivity index (χ0) is 19.8. The maximum Gasteiger partial charge on any atom is 0.260 e. The number of hydrogen-bond donors (Lipinski definition) is 1.